The Hall–Kier alpha value is -2.04. The number of carboxylic acids is 1. The molecule has 22 heavy (non-hydrogen) atoms. The van der Waals surface area contributed by atoms with Crippen molar-refractivity contribution in [1.82, 2.24) is 4.90 Å². The molecule has 0 aliphatic carbocycles. The Bertz CT molecular complexity index is 557. The number of carboxylic acid groups (broad SMARTS) is 1. The van der Waals surface area contributed by atoms with Crippen LogP contribution >= 0.6 is 0 Å². The minimum absolute atomic E-state index is 0.143. The number of benzene rings is 1. The molecule has 120 valence electrons. The van der Waals surface area contributed by atoms with E-state index < -0.39 is 11.5 Å². The monoisotopic (exact) mass is 305 g/mol. The highest BCUT2D eigenvalue weighted by Crippen LogP contribution is 2.30. The lowest BCUT2D eigenvalue weighted by Gasteiger charge is -2.31. The second-order valence-corrected chi connectivity index (χ2v) is 5.90. The van der Waals surface area contributed by atoms with E-state index >= 15 is 0 Å². The average molecular weight is 305 g/mol. The van der Waals surface area contributed by atoms with Crippen LogP contribution in [-0.2, 0) is 16.0 Å². The van der Waals surface area contributed by atoms with Crippen molar-refractivity contribution >= 4 is 11.9 Å². The molecule has 5 heteroatoms. The van der Waals surface area contributed by atoms with Gasteiger partial charge >= 0.3 is 5.97 Å². The van der Waals surface area contributed by atoms with E-state index in [1.807, 2.05) is 31.2 Å². The third-order valence-electron chi connectivity index (χ3n) is 4.13. The van der Waals surface area contributed by atoms with Gasteiger partial charge in [0.25, 0.3) is 0 Å². The third kappa shape index (κ3) is 3.40. The molecule has 0 radical (unpaired) electrons. The van der Waals surface area contributed by atoms with Crippen LogP contribution in [0, 0.1) is 0 Å². The molecular weight excluding hydrogens is 282 g/mol. The molecule has 1 aliphatic heterocycles. The molecule has 1 amide bonds. The first kappa shape index (κ1) is 16.3. The zero-order chi connectivity index (χ0) is 16.2. The number of hydrogen-bond acceptors (Lipinski definition) is 3. The van der Waals surface area contributed by atoms with Crippen LogP contribution < -0.4 is 4.74 Å². The first-order chi connectivity index (χ1) is 10.5. The Balaban J connectivity index is 2.07. The van der Waals surface area contributed by atoms with Crippen molar-refractivity contribution in [3.05, 3.63) is 29.8 Å². The minimum Gasteiger partial charge on any atom is -0.494 e. The van der Waals surface area contributed by atoms with E-state index in [2.05, 4.69) is 0 Å². The van der Waals surface area contributed by atoms with Crippen molar-refractivity contribution < 1.29 is 19.4 Å². The summed E-state index contributed by atoms with van der Waals surface area (Å²) in [4.78, 5) is 25.4. The highest BCUT2D eigenvalue weighted by atomic mass is 16.5. The Labute approximate surface area is 130 Å². The second-order valence-electron chi connectivity index (χ2n) is 5.90. The quantitative estimate of drug-likeness (QED) is 0.877. The Morgan fingerprint density at radius 3 is 2.86 bits per heavy atom. The fraction of sp³-hybridized carbons (Fsp3) is 0.529. The molecule has 1 aliphatic rings. The summed E-state index contributed by atoms with van der Waals surface area (Å²) in [5.74, 6) is -0.331. The molecule has 1 aromatic carbocycles. The van der Waals surface area contributed by atoms with Crippen LogP contribution in [0.15, 0.2) is 24.3 Å². The van der Waals surface area contributed by atoms with E-state index in [9.17, 15) is 14.7 Å². The largest absolute Gasteiger partial charge is 0.494 e. The van der Waals surface area contributed by atoms with Crippen LogP contribution in [0.2, 0.25) is 0 Å². The summed E-state index contributed by atoms with van der Waals surface area (Å²) in [6, 6.07) is 7.43. The predicted molar refractivity (Wildman–Crippen MR) is 82.9 cm³/mol. The summed E-state index contributed by atoms with van der Waals surface area (Å²) in [7, 11) is 0. The average Bonchev–Trinajstić information content (AvgIpc) is 2.89. The molecule has 1 fully saturated rings. The minimum atomic E-state index is -1.08. The molecule has 1 aromatic rings. The number of hydrogen-bond donors (Lipinski definition) is 1. The van der Waals surface area contributed by atoms with E-state index in [4.69, 9.17) is 4.74 Å². The van der Waals surface area contributed by atoms with Crippen LogP contribution in [0.1, 0.15) is 38.7 Å². The molecule has 0 aromatic heterocycles. The molecular formula is C17H23NO4. The molecule has 1 saturated heterocycles. The summed E-state index contributed by atoms with van der Waals surface area (Å²) >= 11 is 0. The van der Waals surface area contributed by atoms with Gasteiger partial charge in [-0.3, -0.25) is 4.79 Å². The van der Waals surface area contributed by atoms with Crippen molar-refractivity contribution in [3.8, 4) is 5.75 Å². The summed E-state index contributed by atoms with van der Waals surface area (Å²) in [6.07, 6.45) is 2.36. The number of ether oxygens (including phenoxy) is 1. The van der Waals surface area contributed by atoms with Gasteiger partial charge in [0.05, 0.1) is 13.0 Å². The molecule has 0 saturated carbocycles. The molecule has 1 atom stereocenters. The topological polar surface area (TPSA) is 66.8 Å². The normalized spacial score (nSPS) is 20.9. The zero-order valence-electron chi connectivity index (χ0n) is 13.2. The lowest BCUT2D eigenvalue weighted by atomic mass is 9.98. The lowest BCUT2D eigenvalue weighted by Crippen LogP contribution is -2.51. The summed E-state index contributed by atoms with van der Waals surface area (Å²) in [6.45, 7) is 4.81. The number of aliphatic carboxylic acids is 1. The van der Waals surface area contributed by atoms with E-state index in [1.54, 1.807) is 6.92 Å². The van der Waals surface area contributed by atoms with Crippen LogP contribution in [0.25, 0.3) is 0 Å². The molecule has 1 unspecified atom stereocenters. The molecule has 1 heterocycles. The van der Waals surface area contributed by atoms with Crippen LogP contribution in [-0.4, -0.2) is 40.6 Å². The molecule has 1 N–H and O–H groups in total. The van der Waals surface area contributed by atoms with Gasteiger partial charge in [-0.05, 0) is 43.9 Å². The number of amides is 1. The van der Waals surface area contributed by atoms with Gasteiger partial charge in [0.1, 0.15) is 11.3 Å². The van der Waals surface area contributed by atoms with Gasteiger partial charge in [0.15, 0.2) is 0 Å². The van der Waals surface area contributed by atoms with Crippen molar-refractivity contribution in [3.63, 3.8) is 0 Å². The van der Waals surface area contributed by atoms with Crippen molar-refractivity contribution in [1.29, 1.82) is 0 Å². The highest BCUT2D eigenvalue weighted by molar-refractivity contribution is 5.88. The molecule has 5 nitrogen and oxygen atoms in total. The number of rotatable bonds is 6. The van der Waals surface area contributed by atoms with E-state index in [-0.39, 0.29) is 12.3 Å². The maximum Gasteiger partial charge on any atom is 0.329 e. The van der Waals surface area contributed by atoms with Gasteiger partial charge in [0.2, 0.25) is 5.91 Å². The highest BCUT2D eigenvalue weighted by Gasteiger charge is 2.45. The number of carbonyl (C=O) groups is 2. The molecule has 0 bridgehead atoms. The fourth-order valence-corrected chi connectivity index (χ4v) is 2.82. The van der Waals surface area contributed by atoms with E-state index in [0.29, 0.717) is 19.6 Å². The summed E-state index contributed by atoms with van der Waals surface area (Å²) < 4.78 is 5.56. The number of carbonyl (C=O) groups excluding carboxylic acids is 1. The lowest BCUT2D eigenvalue weighted by molar-refractivity contribution is -0.155. The van der Waals surface area contributed by atoms with Crippen molar-refractivity contribution in [2.24, 2.45) is 0 Å². The Kier molecular flexibility index (Phi) is 5.06. The van der Waals surface area contributed by atoms with Crippen molar-refractivity contribution in [2.75, 3.05) is 13.2 Å². The fourth-order valence-electron chi connectivity index (χ4n) is 2.82. The van der Waals surface area contributed by atoms with Gasteiger partial charge in [-0.25, -0.2) is 4.79 Å². The van der Waals surface area contributed by atoms with Crippen molar-refractivity contribution in [2.45, 2.75) is 45.1 Å². The van der Waals surface area contributed by atoms with Gasteiger partial charge in [-0.15, -0.1) is 0 Å². The van der Waals surface area contributed by atoms with E-state index in [1.165, 1.54) is 4.90 Å². The molecule has 0 spiro atoms. The first-order valence-corrected chi connectivity index (χ1v) is 7.73. The standard InChI is InChI=1S/C17H23NO4/c1-3-10-22-14-7-4-6-13(11-14)12-15(19)18-9-5-8-17(18,2)16(20)21/h4,6-7,11H,3,5,8-10,12H2,1-2H3,(H,20,21). The van der Waals surface area contributed by atoms with Gasteiger partial charge in [-0.2, -0.15) is 0 Å². The van der Waals surface area contributed by atoms with Gasteiger partial charge in [-0.1, -0.05) is 19.1 Å². The molecule has 2 rings (SSSR count). The van der Waals surface area contributed by atoms with Crippen LogP contribution in [0.4, 0.5) is 0 Å². The Morgan fingerprint density at radius 2 is 2.18 bits per heavy atom. The second kappa shape index (κ2) is 6.81. The van der Waals surface area contributed by atoms with Crippen LogP contribution in [0.5, 0.6) is 5.75 Å². The predicted octanol–water partition coefficient (Wildman–Crippen LogP) is 2.48. The summed E-state index contributed by atoms with van der Waals surface area (Å²) in [5.41, 5.74) is -0.230. The maximum atomic E-state index is 12.5. The summed E-state index contributed by atoms with van der Waals surface area (Å²) in [5, 5.41) is 9.39. The zero-order valence-corrected chi connectivity index (χ0v) is 13.2. The Morgan fingerprint density at radius 1 is 1.41 bits per heavy atom. The van der Waals surface area contributed by atoms with E-state index in [0.717, 1.165) is 24.2 Å². The van der Waals surface area contributed by atoms with Crippen LogP contribution in [0.3, 0.4) is 0 Å². The van der Waals surface area contributed by atoms with Gasteiger partial charge < -0.3 is 14.7 Å². The maximum absolute atomic E-state index is 12.5. The van der Waals surface area contributed by atoms with Gasteiger partial charge in [0, 0.05) is 6.54 Å². The SMILES string of the molecule is CCCOc1cccc(CC(=O)N2CCCC2(C)C(=O)O)c1. The third-order valence-corrected chi connectivity index (χ3v) is 4.13. The number of nitrogens with zero attached hydrogens (tertiary/aromatic N) is 1. The number of likely N-dealkylation sites (tertiary alicyclic amines) is 1. The first-order valence-electron chi connectivity index (χ1n) is 7.73. The smallest absolute Gasteiger partial charge is 0.329 e.